The second-order valence-electron chi connectivity index (χ2n) is 26.2. The van der Waals surface area contributed by atoms with Gasteiger partial charge in [0.05, 0.1) is 58.2 Å². The van der Waals surface area contributed by atoms with Crippen LogP contribution in [0.5, 0.6) is 34.5 Å². The molecule has 25 heteroatoms. The number of aliphatic hydroxyl groups excluding tert-OH is 9. The van der Waals surface area contributed by atoms with E-state index in [0.29, 0.717) is 67.5 Å². The van der Waals surface area contributed by atoms with Crippen LogP contribution in [0.3, 0.4) is 0 Å². The van der Waals surface area contributed by atoms with E-state index < -0.39 is 63.4 Å². The van der Waals surface area contributed by atoms with Gasteiger partial charge in [0.25, 0.3) is 0 Å². The molecule has 6 rings (SSSR count). The first-order chi connectivity index (χ1) is 47.0. The van der Waals surface area contributed by atoms with Crippen LogP contribution in [-0.4, -0.2) is 243 Å². The molecular formula is C77H115N2NaO21S. The summed E-state index contributed by atoms with van der Waals surface area (Å²) in [5, 5.41) is 87.4. The molecule has 6 aromatic rings. The van der Waals surface area contributed by atoms with Crippen molar-refractivity contribution in [1.29, 1.82) is 0 Å². The molecule has 0 spiro atoms. The van der Waals surface area contributed by atoms with Crippen LogP contribution >= 0.6 is 0 Å². The normalized spacial score (nSPS) is 14.2. The van der Waals surface area contributed by atoms with Crippen LogP contribution in [0.25, 0.3) is 0 Å². The van der Waals surface area contributed by atoms with Crippen LogP contribution in [0.1, 0.15) is 111 Å². The molecule has 8 atom stereocenters. The van der Waals surface area contributed by atoms with Gasteiger partial charge < -0.3 is 93.1 Å². The van der Waals surface area contributed by atoms with Gasteiger partial charge in [0, 0.05) is 49.0 Å². The summed E-state index contributed by atoms with van der Waals surface area (Å²) < 4.78 is 85.9. The van der Waals surface area contributed by atoms with Crippen molar-refractivity contribution in [2.24, 2.45) is 0 Å². The van der Waals surface area contributed by atoms with Gasteiger partial charge in [-0.3, -0.25) is 9.80 Å². The maximum absolute atomic E-state index is 11.8. The molecule has 0 bridgehead atoms. The Labute approximate surface area is 627 Å². The van der Waals surface area contributed by atoms with Crippen LogP contribution in [0.4, 0.5) is 0 Å². The van der Waals surface area contributed by atoms with Gasteiger partial charge in [0.15, 0.2) is 0 Å². The molecule has 0 aliphatic carbocycles. The number of aliphatic hydroxyl groups is 9. The third kappa shape index (κ3) is 32.1. The minimum atomic E-state index is -4.75. The smallest absolute Gasteiger partial charge is 0.747 e. The van der Waals surface area contributed by atoms with E-state index >= 15 is 0 Å². The Balaban J connectivity index is 0.000000987. The molecule has 6 aromatic carbocycles. The van der Waals surface area contributed by atoms with E-state index in [1.807, 2.05) is 116 Å². The first kappa shape index (κ1) is 92.6. The molecule has 0 aromatic heterocycles. The van der Waals surface area contributed by atoms with E-state index in [9.17, 15) is 43.6 Å². The van der Waals surface area contributed by atoms with Gasteiger partial charge in [0.2, 0.25) is 0 Å². The maximum Gasteiger partial charge on any atom is 1.00 e. The van der Waals surface area contributed by atoms with Crippen molar-refractivity contribution in [1.82, 2.24) is 9.80 Å². The van der Waals surface area contributed by atoms with Crippen LogP contribution in [0.2, 0.25) is 0 Å². The van der Waals surface area contributed by atoms with Crippen molar-refractivity contribution < 1.29 is 131 Å². The van der Waals surface area contributed by atoms with Crippen molar-refractivity contribution in [2.45, 2.75) is 142 Å². The quantitative estimate of drug-likeness (QED) is 0.0146. The fourth-order valence-corrected chi connectivity index (χ4v) is 11.2. The van der Waals surface area contributed by atoms with Crippen molar-refractivity contribution in [2.75, 3.05) is 125 Å². The first-order valence-electron chi connectivity index (χ1n) is 33.4. The number of methoxy groups -OCH3 is 1. The van der Waals surface area contributed by atoms with Gasteiger partial charge >= 0.3 is 29.6 Å². The second kappa shape index (κ2) is 46.4. The van der Waals surface area contributed by atoms with Crippen LogP contribution < -0.4 is 58.0 Å². The molecule has 0 saturated heterocycles. The van der Waals surface area contributed by atoms with E-state index in [2.05, 4.69) is 60.3 Å². The largest absolute Gasteiger partial charge is 1.00 e. The molecule has 0 radical (unpaired) electrons. The first-order valence-corrected chi connectivity index (χ1v) is 35.0. The number of hydrogen-bond acceptors (Lipinski definition) is 23. The molecule has 0 aliphatic rings. The summed E-state index contributed by atoms with van der Waals surface area (Å²) in [5.41, 5.74) is 5.18. The van der Waals surface area contributed by atoms with Gasteiger partial charge in [-0.25, -0.2) is 8.42 Å². The van der Waals surface area contributed by atoms with E-state index in [1.54, 1.807) is 43.5 Å². The zero-order chi connectivity index (χ0) is 72.8. The average Bonchev–Trinajstić information content (AvgIpc) is 0.816. The molecule has 8 unspecified atom stereocenters. The Kier molecular flexibility index (Phi) is 42.1. The van der Waals surface area contributed by atoms with Gasteiger partial charge in [-0.05, 0) is 127 Å². The molecule has 0 fully saturated rings. The Hall–Kier alpha value is -5.53. The number of benzene rings is 6. The molecule has 566 valence electrons. The topological polar surface area (TPSA) is 329 Å². The number of ether oxygens (including phenoxy) is 9. The monoisotopic (exact) mass is 1460 g/mol. The van der Waals surface area contributed by atoms with Gasteiger partial charge in [-0.15, -0.1) is 0 Å². The molecular weight excluding hydrogens is 1340 g/mol. The Morgan fingerprint density at radius 3 is 0.902 bits per heavy atom. The van der Waals surface area contributed by atoms with Crippen molar-refractivity contribution in [3.63, 3.8) is 0 Å². The summed E-state index contributed by atoms with van der Waals surface area (Å²) in [6, 6.07) is 45.3. The zero-order valence-corrected chi connectivity index (χ0v) is 62.7. The third-order valence-electron chi connectivity index (χ3n) is 16.9. The molecule has 0 aliphatic heterocycles. The summed E-state index contributed by atoms with van der Waals surface area (Å²) >= 11 is 0. The average molecular weight is 1460 g/mol. The van der Waals surface area contributed by atoms with Crippen molar-refractivity contribution in [3.8, 4) is 34.5 Å². The number of rotatable bonds is 45. The second-order valence-corrected chi connectivity index (χ2v) is 27.6. The minimum Gasteiger partial charge on any atom is -0.747 e. The molecule has 0 heterocycles. The summed E-state index contributed by atoms with van der Waals surface area (Å²) in [6.45, 7) is 20.1. The molecule has 102 heavy (non-hydrogen) atoms. The Morgan fingerprint density at radius 2 is 0.667 bits per heavy atom. The van der Waals surface area contributed by atoms with Crippen molar-refractivity contribution >= 4 is 10.1 Å². The number of hydrogen-bond donors (Lipinski definition) is 9. The predicted molar refractivity (Wildman–Crippen MR) is 390 cm³/mol. The molecule has 0 saturated carbocycles. The number of nitrogens with zero attached hydrogens (tertiary/aromatic N) is 2. The predicted octanol–water partition coefficient (Wildman–Crippen LogP) is 4.33. The fraction of sp³-hybridized carbons (Fsp3) is 0.532. The third-order valence-corrected chi connectivity index (χ3v) is 17.6. The molecule has 23 nitrogen and oxygen atoms in total. The molecule has 9 N–H and O–H groups in total. The van der Waals surface area contributed by atoms with E-state index in [1.165, 1.54) is 0 Å². The Bertz CT molecular complexity index is 3240. The SMILES string of the molecule is C.C.CC(C)(c1ccc(OCC(O)CO)cc1)c1ccc(OCC(O)CO)cc1.CCN(CC(O)COc1ccc(C(C)(C)c2ccc(OCC(O)CN(CC(O)COc3ccc(C(C)(C)c4ccc(OCC(O)CO)cc4)cc3)CS(=O)(=O)[O-])cc2)cc1)C(C)COC(C)COCCOC.[Na+]. The van der Waals surface area contributed by atoms with Gasteiger partial charge in [0.1, 0.15) is 121 Å². The van der Waals surface area contributed by atoms with E-state index in [0.717, 1.165) is 44.8 Å². The van der Waals surface area contributed by atoms with Crippen LogP contribution in [0, 0.1) is 0 Å². The summed E-state index contributed by atoms with van der Waals surface area (Å²) in [5.74, 6) is 2.49. The summed E-state index contributed by atoms with van der Waals surface area (Å²) in [6.07, 6.45) is -5.89. The fourth-order valence-electron chi connectivity index (χ4n) is 10.5. The van der Waals surface area contributed by atoms with Gasteiger partial charge in [-0.1, -0.05) is 136 Å². The van der Waals surface area contributed by atoms with Crippen molar-refractivity contribution in [3.05, 3.63) is 179 Å². The summed E-state index contributed by atoms with van der Waals surface area (Å²) in [7, 11) is -3.11. The number of likely N-dealkylation sites (N-methyl/N-ethyl adjacent to an activating group) is 1. The minimum absolute atomic E-state index is 0. The van der Waals surface area contributed by atoms with E-state index in [-0.39, 0.29) is 135 Å². The maximum atomic E-state index is 11.8. The zero-order valence-electron chi connectivity index (χ0n) is 59.9. The van der Waals surface area contributed by atoms with Crippen LogP contribution in [0.15, 0.2) is 146 Å². The van der Waals surface area contributed by atoms with E-state index in [4.69, 9.17) is 58.0 Å². The molecule has 0 amide bonds. The Morgan fingerprint density at radius 1 is 0.412 bits per heavy atom. The van der Waals surface area contributed by atoms with Crippen LogP contribution in [-0.2, 0) is 40.6 Å². The summed E-state index contributed by atoms with van der Waals surface area (Å²) in [4.78, 5) is 3.32. The van der Waals surface area contributed by atoms with Gasteiger partial charge in [-0.2, -0.15) is 0 Å². The standard InChI is InChI=1S/C54H80N2O15S.C21H28O6.2CH4.Na/c1-9-56(39(2)32-67-40(3)33-66-27-26-65-8)30-47(60)36-70-51-22-14-43(15-23-51)53(4,5)41-10-18-49(19-11-41)68-34-45(58)28-55(38-72(62,63)64)29-46(59)35-69-50-20-12-42(13-21-50)54(6,7)44-16-24-52(25-17-44)71-37-48(61)31-57;1-21(2,15-3-7-19(8-4-15)26-13-17(24)11-22)16-5-9-20(10-6-16)27-14-18(25)12-23;;;/h10-25,39-40,45-48,57-61H,9,26-38H2,1-8H3,(H,62,63,64);3-10,17-18,22-25H,11-14H2,1-2H3;2*1H4;/q;;;;+1/p-1.